The molecule has 0 aromatic carbocycles. The largest absolute Gasteiger partial charge is 0.480 e. The van der Waals surface area contributed by atoms with Crippen molar-refractivity contribution >= 4 is 23.2 Å². The van der Waals surface area contributed by atoms with E-state index in [0.29, 0.717) is 18.5 Å². The van der Waals surface area contributed by atoms with Gasteiger partial charge in [-0.25, -0.2) is 9.78 Å². The molecule has 0 aliphatic heterocycles. The number of nitrogens with one attached hydrogen (secondary N) is 1. The van der Waals surface area contributed by atoms with Gasteiger partial charge >= 0.3 is 5.97 Å². The number of aliphatic carboxylic acids is 1. The Morgan fingerprint density at radius 1 is 1.35 bits per heavy atom. The normalized spacial score (nSPS) is 18.6. The first-order valence-electron chi connectivity index (χ1n) is 5.58. The highest BCUT2D eigenvalue weighted by molar-refractivity contribution is 7.07. The van der Waals surface area contributed by atoms with E-state index in [-0.39, 0.29) is 0 Å². The average molecular weight is 254 g/mol. The third kappa shape index (κ3) is 2.46. The maximum absolute atomic E-state index is 11.9. The molecule has 6 heteroatoms. The minimum atomic E-state index is -1.10. The molecule has 92 valence electrons. The lowest BCUT2D eigenvalue weighted by Crippen LogP contribution is -2.55. The van der Waals surface area contributed by atoms with Gasteiger partial charge in [-0.2, -0.15) is 0 Å². The van der Waals surface area contributed by atoms with Crippen LogP contribution in [0.1, 0.15) is 42.6 Å². The molecule has 1 amide bonds. The van der Waals surface area contributed by atoms with Crippen LogP contribution in [0.25, 0.3) is 0 Å². The van der Waals surface area contributed by atoms with E-state index < -0.39 is 17.4 Å². The molecule has 1 fully saturated rings. The summed E-state index contributed by atoms with van der Waals surface area (Å²) in [5.41, 5.74) is 0.753. The highest BCUT2D eigenvalue weighted by atomic mass is 32.1. The number of carboxylic acid groups (broad SMARTS) is 1. The minimum Gasteiger partial charge on any atom is -0.480 e. The molecule has 1 aliphatic carbocycles. The number of rotatable bonds is 3. The first-order chi connectivity index (χ1) is 8.14. The molecular weight excluding hydrogens is 240 g/mol. The smallest absolute Gasteiger partial charge is 0.329 e. The van der Waals surface area contributed by atoms with Crippen LogP contribution < -0.4 is 5.32 Å². The fourth-order valence-electron chi connectivity index (χ4n) is 2.15. The monoisotopic (exact) mass is 254 g/mol. The van der Waals surface area contributed by atoms with Gasteiger partial charge in [0.15, 0.2) is 0 Å². The topological polar surface area (TPSA) is 79.3 Å². The summed E-state index contributed by atoms with van der Waals surface area (Å²) in [5.74, 6) is -1.34. The summed E-state index contributed by atoms with van der Waals surface area (Å²) in [6.45, 7) is 0. The molecule has 1 aromatic heterocycles. The van der Waals surface area contributed by atoms with E-state index in [1.807, 2.05) is 0 Å². The number of amides is 1. The molecule has 0 saturated heterocycles. The molecule has 17 heavy (non-hydrogen) atoms. The van der Waals surface area contributed by atoms with Crippen LogP contribution in [0, 0.1) is 0 Å². The molecular formula is C11H14N2O3S. The first kappa shape index (κ1) is 12.0. The zero-order valence-corrected chi connectivity index (χ0v) is 10.1. The van der Waals surface area contributed by atoms with Gasteiger partial charge in [0.2, 0.25) is 0 Å². The number of nitrogens with zero attached hydrogens (tertiary/aromatic N) is 1. The number of thiazole rings is 1. The fraction of sp³-hybridized carbons (Fsp3) is 0.545. The molecule has 1 heterocycles. The zero-order valence-electron chi connectivity index (χ0n) is 9.31. The Labute approximate surface area is 103 Å². The molecule has 5 nitrogen and oxygen atoms in total. The summed E-state index contributed by atoms with van der Waals surface area (Å²) in [5, 5.41) is 13.6. The van der Waals surface area contributed by atoms with Gasteiger partial charge in [-0.05, 0) is 12.8 Å². The van der Waals surface area contributed by atoms with Gasteiger partial charge in [0, 0.05) is 5.38 Å². The lowest BCUT2D eigenvalue weighted by atomic mass is 9.81. The summed E-state index contributed by atoms with van der Waals surface area (Å²) in [6, 6.07) is 0. The summed E-state index contributed by atoms with van der Waals surface area (Å²) in [7, 11) is 0. The van der Waals surface area contributed by atoms with Crippen LogP contribution >= 0.6 is 11.3 Å². The van der Waals surface area contributed by atoms with Crippen molar-refractivity contribution in [2.45, 2.75) is 37.6 Å². The van der Waals surface area contributed by atoms with Gasteiger partial charge in [0.25, 0.3) is 5.91 Å². The van der Waals surface area contributed by atoms with E-state index in [9.17, 15) is 14.7 Å². The van der Waals surface area contributed by atoms with E-state index in [2.05, 4.69) is 10.3 Å². The van der Waals surface area contributed by atoms with Gasteiger partial charge in [0.1, 0.15) is 11.2 Å². The van der Waals surface area contributed by atoms with Crippen LogP contribution in [0.5, 0.6) is 0 Å². The van der Waals surface area contributed by atoms with E-state index in [1.165, 1.54) is 11.3 Å². The van der Waals surface area contributed by atoms with Crippen LogP contribution in [0.4, 0.5) is 0 Å². The molecule has 1 saturated carbocycles. The molecule has 2 rings (SSSR count). The predicted octanol–water partition coefficient (Wildman–Crippen LogP) is 1.66. The van der Waals surface area contributed by atoms with Crippen LogP contribution in [-0.4, -0.2) is 27.5 Å². The Morgan fingerprint density at radius 2 is 2.06 bits per heavy atom. The molecule has 0 unspecified atom stereocenters. The van der Waals surface area contributed by atoms with Gasteiger partial charge < -0.3 is 10.4 Å². The van der Waals surface area contributed by atoms with E-state index >= 15 is 0 Å². The highest BCUT2D eigenvalue weighted by Crippen LogP contribution is 2.28. The number of aromatic nitrogens is 1. The van der Waals surface area contributed by atoms with Crippen molar-refractivity contribution in [1.29, 1.82) is 0 Å². The Bertz CT molecular complexity index is 410. The van der Waals surface area contributed by atoms with Crippen molar-refractivity contribution in [2.75, 3.05) is 0 Å². The second-order valence-electron chi connectivity index (χ2n) is 4.28. The maximum atomic E-state index is 11.9. The Kier molecular flexibility index (Phi) is 3.42. The number of carbonyl (C=O) groups is 2. The van der Waals surface area contributed by atoms with Crippen molar-refractivity contribution in [3.8, 4) is 0 Å². The fourth-order valence-corrected chi connectivity index (χ4v) is 2.69. The van der Waals surface area contributed by atoms with E-state index in [4.69, 9.17) is 0 Å². The van der Waals surface area contributed by atoms with Gasteiger partial charge in [-0.3, -0.25) is 4.79 Å². The average Bonchev–Trinajstić information content (AvgIpc) is 2.83. The van der Waals surface area contributed by atoms with Gasteiger partial charge in [-0.15, -0.1) is 11.3 Å². The van der Waals surface area contributed by atoms with Crippen molar-refractivity contribution < 1.29 is 14.7 Å². The number of hydrogen-bond donors (Lipinski definition) is 2. The second kappa shape index (κ2) is 4.83. The Hall–Kier alpha value is -1.43. The van der Waals surface area contributed by atoms with Crippen molar-refractivity contribution in [3.63, 3.8) is 0 Å². The predicted molar refractivity (Wildman–Crippen MR) is 63.0 cm³/mol. The minimum absolute atomic E-state index is 0.293. The lowest BCUT2D eigenvalue weighted by Gasteiger charge is -2.33. The third-order valence-electron chi connectivity index (χ3n) is 3.13. The summed E-state index contributed by atoms with van der Waals surface area (Å²) in [4.78, 5) is 27.1. The standard InChI is InChI=1S/C11H14N2O3S/c14-9(8-6-17-7-12-8)13-11(10(15)16)4-2-1-3-5-11/h6-7H,1-5H2,(H,13,14)(H,15,16). The summed E-state index contributed by atoms with van der Waals surface area (Å²) >= 11 is 1.32. The Morgan fingerprint density at radius 3 is 2.59 bits per heavy atom. The number of hydrogen-bond acceptors (Lipinski definition) is 4. The maximum Gasteiger partial charge on any atom is 0.329 e. The second-order valence-corrected chi connectivity index (χ2v) is 4.99. The first-order valence-corrected chi connectivity index (χ1v) is 6.52. The van der Waals surface area contributed by atoms with Gasteiger partial charge in [-0.1, -0.05) is 19.3 Å². The van der Waals surface area contributed by atoms with Crippen molar-refractivity contribution in [1.82, 2.24) is 10.3 Å². The van der Waals surface area contributed by atoms with Crippen molar-refractivity contribution in [3.05, 3.63) is 16.6 Å². The molecule has 1 aromatic rings. The molecule has 1 aliphatic rings. The highest BCUT2D eigenvalue weighted by Gasteiger charge is 2.41. The van der Waals surface area contributed by atoms with Crippen LogP contribution in [0.15, 0.2) is 10.9 Å². The number of carboxylic acids is 1. The van der Waals surface area contributed by atoms with Crippen molar-refractivity contribution in [2.24, 2.45) is 0 Å². The SMILES string of the molecule is O=C(NC1(C(=O)O)CCCCC1)c1cscn1. The van der Waals surface area contributed by atoms with Crippen LogP contribution in [0.2, 0.25) is 0 Å². The third-order valence-corrected chi connectivity index (χ3v) is 3.72. The van der Waals surface area contributed by atoms with Crippen LogP contribution in [-0.2, 0) is 4.79 Å². The summed E-state index contributed by atoms with van der Waals surface area (Å²) < 4.78 is 0. The van der Waals surface area contributed by atoms with E-state index in [0.717, 1.165) is 19.3 Å². The Balaban J connectivity index is 2.13. The lowest BCUT2D eigenvalue weighted by molar-refractivity contribution is -0.145. The molecule has 0 radical (unpaired) electrons. The van der Waals surface area contributed by atoms with Gasteiger partial charge in [0.05, 0.1) is 5.51 Å². The summed E-state index contributed by atoms with van der Waals surface area (Å²) in [6.07, 6.45) is 3.70. The molecule has 0 atom stereocenters. The molecule has 0 bridgehead atoms. The van der Waals surface area contributed by atoms with Crippen LogP contribution in [0.3, 0.4) is 0 Å². The molecule has 2 N–H and O–H groups in total. The number of carbonyl (C=O) groups excluding carboxylic acids is 1. The zero-order chi connectivity index (χ0) is 12.3. The molecule has 0 spiro atoms. The van der Waals surface area contributed by atoms with E-state index in [1.54, 1.807) is 10.9 Å². The quantitative estimate of drug-likeness (QED) is 0.859.